The molecule has 106 valence electrons. The molecule has 0 bridgehead atoms. The molecule has 0 saturated carbocycles. The third-order valence-corrected chi connectivity index (χ3v) is 4.09. The summed E-state index contributed by atoms with van der Waals surface area (Å²) in [7, 11) is -4.15. The van der Waals surface area contributed by atoms with Crippen molar-refractivity contribution in [3.63, 3.8) is 0 Å². The summed E-state index contributed by atoms with van der Waals surface area (Å²) in [4.78, 5) is -0.0786. The molecule has 0 fully saturated rings. The highest BCUT2D eigenvalue weighted by Gasteiger charge is 2.10. The molecule has 0 saturated heterocycles. The van der Waals surface area contributed by atoms with Gasteiger partial charge in [0.1, 0.15) is 0 Å². The van der Waals surface area contributed by atoms with Crippen LogP contribution in [0.1, 0.15) is 25.3 Å². The first-order valence-corrected chi connectivity index (χ1v) is 8.11. The Hall–Kier alpha value is -1.65. The van der Waals surface area contributed by atoms with Gasteiger partial charge < -0.3 is 0 Å². The molecule has 0 heterocycles. The highest BCUT2D eigenvalue weighted by molar-refractivity contribution is 7.85. The van der Waals surface area contributed by atoms with Gasteiger partial charge in [-0.25, -0.2) is 0 Å². The fraction of sp³-hybridized carbons (Fsp3) is 0.250. The van der Waals surface area contributed by atoms with Crippen molar-refractivity contribution in [3.05, 3.63) is 54.1 Å². The van der Waals surface area contributed by atoms with Gasteiger partial charge in [0.2, 0.25) is 0 Å². The average molecular weight is 290 g/mol. The van der Waals surface area contributed by atoms with Crippen LogP contribution in [0.2, 0.25) is 0 Å². The van der Waals surface area contributed by atoms with Gasteiger partial charge in [0.15, 0.2) is 0 Å². The lowest BCUT2D eigenvalue weighted by molar-refractivity contribution is 0.483. The molecule has 0 radical (unpaired) electrons. The molecule has 0 amide bonds. The van der Waals surface area contributed by atoms with Crippen molar-refractivity contribution in [2.75, 3.05) is 0 Å². The molecular weight excluding hydrogens is 272 g/mol. The summed E-state index contributed by atoms with van der Waals surface area (Å²) in [5, 5.41) is 0. The monoisotopic (exact) mass is 290 g/mol. The van der Waals surface area contributed by atoms with E-state index in [1.54, 1.807) is 6.07 Å². The van der Waals surface area contributed by atoms with Gasteiger partial charge in [-0.3, -0.25) is 4.55 Å². The van der Waals surface area contributed by atoms with Crippen molar-refractivity contribution < 1.29 is 13.0 Å². The second-order valence-corrected chi connectivity index (χ2v) is 6.22. The van der Waals surface area contributed by atoms with Crippen LogP contribution >= 0.6 is 0 Å². The maximum absolute atomic E-state index is 11.1. The van der Waals surface area contributed by atoms with Crippen LogP contribution in [0.4, 0.5) is 0 Å². The fourth-order valence-electron chi connectivity index (χ4n) is 2.08. The molecular formula is C16H18O3S. The smallest absolute Gasteiger partial charge is 0.282 e. The predicted molar refractivity (Wildman–Crippen MR) is 80.3 cm³/mol. The first-order valence-electron chi connectivity index (χ1n) is 6.67. The van der Waals surface area contributed by atoms with Crippen molar-refractivity contribution >= 4 is 10.1 Å². The normalized spacial score (nSPS) is 11.5. The molecule has 2 rings (SSSR count). The Balaban J connectivity index is 2.28. The van der Waals surface area contributed by atoms with Crippen molar-refractivity contribution in [3.8, 4) is 11.1 Å². The van der Waals surface area contributed by atoms with E-state index in [1.165, 1.54) is 17.7 Å². The summed E-state index contributed by atoms with van der Waals surface area (Å²) < 4.78 is 31.4. The largest absolute Gasteiger partial charge is 0.294 e. The Morgan fingerprint density at radius 3 is 2.30 bits per heavy atom. The molecule has 0 spiro atoms. The molecule has 0 aliphatic rings. The molecule has 1 N–H and O–H groups in total. The van der Waals surface area contributed by atoms with Crippen LogP contribution in [0.5, 0.6) is 0 Å². The van der Waals surface area contributed by atoms with E-state index in [-0.39, 0.29) is 4.90 Å². The molecule has 0 aromatic heterocycles. The summed E-state index contributed by atoms with van der Waals surface area (Å²) in [6, 6.07) is 14.4. The molecule has 0 atom stereocenters. The zero-order valence-electron chi connectivity index (χ0n) is 11.4. The number of benzene rings is 2. The average Bonchev–Trinajstić information content (AvgIpc) is 2.45. The van der Waals surface area contributed by atoms with E-state index in [9.17, 15) is 8.42 Å². The van der Waals surface area contributed by atoms with Gasteiger partial charge in [-0.15, -0.1) is 0 Å². The van der Waals surface area contributed by atoms with Gasteiger partial charge in [-0.05, 0) is 41.7 Å². The number of unbranched alkanes of at least 4 members (excludes halogenated alkanes) is 1. The maximum atomic E-state index is 11.1. The fourth-order valence-corrected chi connectivity index (χ4v) is 2.61. The van der Waals surface area contributed by atoms with Gasteiger partial charge >= 0.3 is 0 Å². The summed E-state index contributed by atoms with van der Waals surface area (Å²) in [5.74, 6) is 0. The third kappa shape index (κ3) is 3.68. The Kier molecular flexibility index (Phi) is 4.57. The van der Waals surface area contributed by atoms with Gasteiger partial charge in [0.25, 0.3) is 10.1 Å². The van der Waals surface area contributed by atoms with Crippen LogP contribution in [0.3, 0.4) is 0 Å². The van der Waals surface area contributed by atoms with Crippen LogP contribution in [-0.4, -0.2) is 13.0 Å². The first-order chi connectivity index (χ1) is 9.50. The predicted octanol–water partition coefficient (Wildman–Crippen LogP) is 3.94. The molecule has 0 aliphatic heterocycles. The third-order valence-electron chi connectivity index (χ3n) is 3.24. The van der Waals surface area contributed by atoms with Gasteiger partial charge in [0.05, 0.1) is 4.90 Å². The summed E-state index contributed by atoms with van der Waals surface area (Å²) in [5.41, 5.74) is 3.00. The second-order valence-electron chi connectivity index (χ2n) is 4.80. The van der Waals surface area contributed by atoms with E-state index in [1.807, 2.05) is 18.2 Å². The first kappa shape index (κ1) is 14.8. The zero-order chi connectivity index (χ0) is 14.6. The Morgan fingerprint density at radius 2 is 1.70 bits per heavy atom. The van der Waals surface area contributed by atoms with Crippen molar-refractivity contribution in [2.45, 2.75) is 31.1 Å². The van der Waals surface area contributed by atoms with Crippen molar-refractivity contribution in [1.29, 1.82) is 0 Å². The van der Waals surface area contributed by atoms with Crippen LogP contribution in [0.25, 0.3) is 11.1 Å². The Bertz CT molecular complexity index is 673. The molecule has 0 aliphatic carbocycles. The van der Waals surface area contributed by atoms with E-state index in [2.05, 4.69) is 19.1 Å². The van der Waals surface area contributed by atoms with E-state index < -0.39 is 10.1 Å². The Morgan fingerprint density at radius 1 is 1.00 bits per heavy atom. The zero-order valence-corrected chi connectivity index (χ0v) is 12.2. The summed E-state index contributed by atoms with van der Waals surface area (Å²) in [6.07, 6.45) is 3.39. The molecule has 0 unspecified atom stereocenters. The van der Waals surface area contributed by atoms with Crippen molar-refractivity contribution in [1.82, 2.24) is 0 Å². The SMILES string of the molecule is CCCCc1ccc(-c2cccc(S(=O)(=O)O)c2)cc1. The minimum atomic E-state index is -4.15. The van der Waals surface area contributed by atoms with Crippen molar-refractivity contribution in [2.24, 2.45) is 0 Å². The van der Waals surface area contributed by atoms with Crippen LogP contribution in [-0.2, 0) is 16.5 Å². The standard InChI is InChI=1S/C16H18O3S/c1-2-3-5-13-8-10-14(11-9-13)15-6-4-7-16(12-15)20(17,18)19/h4,6-12H,2-3,5H2,1H3,(H,17,18,19). The second kappa shape index (κ2) is 6.20. The minimum absolute atomic E-state index is 0.0786. The number of rotatable bonds is 5. The number of hydrogen-bond acceptors (Lipinski definition) is 2. The lowest BCUT2D eigenvalue weighted by atomic mass is 10.0. The highest BCUT2D eigenvalue weighted by Crippen LogP contribution is 2.23. The van der Waals surface area contributed by atoms with Gasteiger partial charge in [-0.2, -0.15) is 8.42 Å². The lowest BCUT2D eigenvalue weighted by Crippen LogP contribution is -1.97. The number of aryl methyl sites for hydroxylation is 1. The topological polar surface area (TPSA) is 54.4 Å². The summed E-state index contributed by atoms with van der Waals surface area (Å²) in [6.45, 7) is 2.16. The van der Waals surface area contributed by atoms with Gasteiger partial charge in [0, 0.05) is 0 Å². The van der Waals surface area contributed by atoms with Crippen LogP contribution in [0, 0.1) is 0 Å². The van der Waals surface area contributed by atoms with Gasteiger partial charge in [-0.1, -0.05) is 49.7 Å². The quantitative estimate of drug-likeness (QED) is 0.848. The maximum Gasteiger partial charge on any atom is 0.294 e. The van der Waals surface area contributed by atoms with E-state index >= 15 is 0 Å². The van der Waals surface area contributed by atoms with Crippen LogP contribution in [0.15, 0.2) is 53.4 Å². The lowest BCUT2D eigenvalue weighted by Gasteiger charge is -2.05. The number of hydrogen-bond donors (Lipinski definition) is 1. The van der Waals surface area contributed by atoms with Crippen LogP contribution < -0.4 is 0 Å². The summed E-state index contributed by atoms with van der Waals surface area (Å²) >= 11 is 0. The molecule has 2 aromatic carbocycles. The van der Waals surface area contributed by atoms with E-state index in [4.69, 9.17) is 4.55 Å². The highest BCUT2D eigenvalue weighted by atomic mass is 32.2. The molecule has 2 aromatic rings. The molecule has 3 nitrogen and oxygen atoms in total. The minimum Gasteiger partial charge on any atom is -0.282 e. The molecule has 20 heavy (non-hydrogen) atoms. The molecule has 4 heteroatoms. The van der Waals surface area contributed by atoms with E-state index in [0.29, 0.717) is 0 Å². The van der Waals surface area contributed by atoms with E-state index in [0.717, 1.165) is 30.4 Å². The Labute approximate surface area is 120 Å².